The Bertz CT molecular complexity index is 1440. The van der Waals surface area contributed by atoms with Crippen LogP contribution >= 0.6 is 11.6 Å². The number of halogens is 1. The Labute approximate surface area is 200 Å². The van der Waals surface area contributed by atoms with E-state index in [2.05, 4.69) is 15.5 Å². The number of rotatable bonds is 6. The van der Waals surface area contributed by atoms with Crippen molar-refractivity contribution in [3.63, 3.8) is 0 Å². The number of nitro benzene ring substituents is 1. The Morgan fingerprint density at radius 1 is 1.12 bits per heavy atom. The Kier molecular flexibility index (Phi) is 6.51. The van der Waals surface area contributed by atoms with Crippen molar-refractivity contribution >= 4 is 40.3 Å². The predicted molar refractivity (Wildman–Crippen MR) is 131 cm³/mol. The number of hydrogen-bond acceptors (Lipinski definition) is 6. The number of pyridine rings is 1. The molecule has 0 bridgehead atoms. The first-order chi connectivity index (χ1) is 16.3. The highest BCUT2D eigenvalue weighted by Crippen LogP contribution is 2.32. The normalized spacial score (nSPS) is 11.0. The Hall–Kier alpha value is -4.30. The summed E-state index contributed by atoms with van der Waals surface area (Å²) in [4.78, 5) is 27.4. The van der Waals surface area contributed by atoms with Crippen LogP contribution in [0.15, 0.2) is 71.8 Å². The fourth-order valence-corrected chi connectivity index (χ4v) is 3.54. The predicted octanol–water partition coefficient (Wildman–Crippen LogP) is 5.97. The van der Waals surface area contributed by atoms with Gasteiger partial charge in [-0.05, 0) is 61.4 Å². The number of nitro groups is 1. The van der Waals surface area contributed by atoms with Crippen molar-refractivity contribution in [2.24, 2.45) is 5.10 Å². The van der Waals surface area contributed by atoms with Gasteiger partial charge in [0.05, 0.1) is 32.9 Å². The standard InChI is InChI=1S/C25H19ClN4O4/c1-15-4-3-5-18-12-21(16(2)28-24(15)18)25(31)29-27-14-17-6-9-20(10-7-17)34-23-11-8-19(30(32)33)13-22(23)26/h3-14H,1-2H3,(H,29,31)/b27-14+. The van der Waals surface area contributed by atoms with Gasteiger partial charge in [0.2, 0.25) is 0 Å². The number of non-ortho nitro benzene ring substituents is 1. The van der Waals surface area contributed by atoms with Crippen molar-refractivity contribution in [3.05, 3.63) is 104 Å². The van der Waals surface area contributed by atoms with Crippen LogP contribution in [0, 0.1) is 24.0 Å². The molecule has 0 atom stereocenters. The molecule has 4 aromatic rings. The lowest BCUT2D eigenvalue weighted by atomic mass is 10.1. The fraction of sp³-hybridized carbons (Fsp3) is 0.0800. The molecule has 4 rings (SSSR count). The van der Waals surface area contributed by atoms with Crippen molar-refractivity contribution < 1.29 is 14.5 Å². The smallest absolute Gasteiger partial charge is 0.273 e. The zero-order valence-electron chi connectivity index (χ0n) is 18.3. The molecule has 8 nitrogen and oxygen atoms in total. The van der Waals surface area contributed by atoms with Crippen molar-refractivity contribution in [2.75, 3.05) is 0 Å². The van der Waals surface area contributed by atoms with Gasteiger partial charge in [-0.3, -0.25) is 19.9 Å². The third-order valence-corrected chi connectivity index (χ3v) is 5.39. The lowest BCUT2D eigenvalue weighted by Gasteiger charge is -2.08. The van der Waals surface area contributed by atoms with Gasteiger partial charge in [0.15, 0.2) is 0 Å². The van der Waals surface area contributed by atoms with E-state index in [1.54, 1.807) is 31.2 Å². The summed E-state index contributed by atoms with van der Waals surface area (Å²) >= 11 is 6.06. The molecule has 1 heterocycles. The van der Waals surface area contributed by atoms with E-state index in [1.165, 1.54) is 24.4 Å². The Balaban J connectivity index is 1.41. The molecule has 0 unspecified atom stereocenters. The molecule has 170 valence electrons. The van der Waals surface area contributed by atoms with E-state index in [4.69, 9.17) is 16.3 Å². The number of aromatic nitrogens is 1. The van der Waals surface area contributed by atoms with Crippen LogP contribution in [-0.2, 0) is 0 Å². The van der Waals surface area contributed by atoms with E-state index >= 15 is 0 Å². The molecule has 34 heavy (non-hydrogen) atoms. The largest absolute Gasteiger partial charge is 0.456 e. The van der Waals surface area contributed by atoms with Crippen LogP contribution in [0.2, 0.25) is 5.02 Å². The molecule has 9 heteroatoms. The summed E-state index contributed by atoms with van der Waals surface area (Å²) in [6, 6.07) is 18.5. The number of benzene rings is 3. The summed E-state index contributed by atoms with van der Waals surface area (Å²) in [5, 5.41) is 15.9. The topological polar surface area (TPSA) is 107 Å². The first kappa shape index (κ1) is 22.9. The molecule has 0 saturated carbocycles. The lowest BCUT2D eigenvalue weighted by Crippen LogP contribution is -2.19. The average molecular weight is 475 g/mol. The van der Waals surface area contributed by atoms with Crippen LogP contribution < -0.4 is 10.2 Å². The second kappa shape index (κ2) is 9.68. The molecule has 0 saturated heterocycles. The van der Waals surface area contributed by atoms with Crippen LogP contribution in [0.4, 0.5) is 5.69 Å². The van der Waals surface area contributed by atoms with Gasteiger partial charge < -0.3 is 4.74 Å². The van der Waals surface area contributed by atoms with E-state index in [0.29, 0.717) is 22.8 Å². The second-order valence-corrected chi connectivity index (χ2v) is 7.92. The maximum atomic E-state index is 12.6. The molecular weight excluding hydrogens is 456 g/mol. The maximum Gasteiger partial charge on any atom is 0.273 e. The number of fused-ring (bicyclic) bond motifs is 1. The molecule has 0 aliphatic heterocycles. The zero-order chi connectivity index (χ0) is 24.2. The first-order valence-corrected chi connectivity index (χ1v) is 10.6. The molecular formula is C25H19ClN4O4. The average Bonchev–Trinajstić information content (AvgIpc) is 2.81. The van der Waals surface area contributed by atoms with Gasteiger partial charge in [0.1, 0.15) is 11.5 Å². The van der Waals surface area contributed by atoms with E-state index in [9.17, 15) is 14.9 Å². The minimum Gasteiger partial charge on any atom is -0.456 e. The number of aryl methyl sites for hydroxylation is 2. The first-order valence-electron chi connectivity index (χ1n) is 10.2. The molecule has 0 fully saturated rings. The number of carbonyl (C=O) groups is 1. The molecule has 1 amide bonds. The van der Waals surface area contributed by atoms with Crippen molar-refractivity contribution in [1.82, 2.24) is 10.4 Å². The van der Waals surface area contributed by atoms with Gasteiger partial charge in [-0.1, -0.05) is 29.8 Å². The summed E-state index contributed by atoms with van der Waals surface area (Å²) in [5.41, 5.74) is 6.15. The van der Waals surface area contributed by atoms with E-state index in [1.807, 2.05) is 31.2 Å². The summed E-state index contributed by atoms with van der Waals surface area (Å²) in [5.74, 6) is 0.443. The maximum absolute atomic E-state index is 12.6. The molecule has 0 spiro atoms. The summed E-state index contributed by atoms with van der Waals surface area (Å²) in [7, 11) is 0. The van der Waals surface area contributed by atoms with Gasteiger partial charge in [0, 0.05) is 17.5 Å². The van der Waals surface area contributed by atoms with Crippen LogP contribution in [0.3, 0.4) is 0 Å². The number of hydrazone groups is 1. The molecule has 1 aromatic heterocycles. The van der Waals surface area contributed by atoms with Gasteiger partial charge in [0.25, 0.3) is 11.6 Å². The number of ether oxygens (including phenoxy) is 1. The Morgan fingerprint density at radius 3 is 2.59 bits per heavy atom. The lowest BCUT2D eigenvalue weighted by molar-refractivity contribution is -0.384. The van der Waals surface area contributed by atoms with Gasteiger partial charge in [-0.25, -0.2) is 5.43 Å². The molecule has 3 aromatic carbocycles. The summed E-state index contributed by atoms with van der Waals surface area (Å²) in [6.45, 7) is 3.77. The quantitative estimate of drug-likeness (QED) is 0.210. The number of carbonyl (C=O) groups excluding carboxylic acids is 1. The SMILES string of the molecule is Cc1nc2c(C)cccc2cc1C(=O)N/N=C/c1ccc(Oc2ccc([N+](=O)[O-])cc2Cl)cc1. The van der Waals surface area contributed by atoms with Crippen molar-refractivity contribution in [1.29, 1.82) is 0 Å². The number of hydrogen-bond donors (Lipinski definition) is 1. The van der Waals surface area contributed by atoms with E-state index in [-0.39, 0.29) is 16.6 Å². The number of nitrogens with zero attached hydrogens (tertiary/aromatic N) is 3. The number of para-hydroxylation sites is 1. The highest BCUT2D eigenvalue weighted by atomic mass is 35.5. The van der Waals surface area contributed by atoms with Crippen LogP contribution in [0.5, 0.6) is 11.5 Å². The van der Waals surface area contributed by atoms with Gasteiger partial charge in [-0.2, -0.15) is 5.10 Å². The van der Waals surface area contributed by atoms with Gasteiger partial charge >= 0.3 is 0 Å². The molecule has 0 aliphatic carbocycles. The summed E-state index contributed by atoms with van der Waals surface area (Å²) < 4.78 is 5.68. The van der Waals surface area contributed by atoms with Crippen molar-refractivity contribution in [3.8, 4) is 11.5 Å². The fourth-order valence-electron chi connectivity index (χ4n) is 3.33. The molecule has 1 N–H and O–H groups in total. The Morgan fingerprint density at radius 2 is 1.88 bits per heavy atom. The molecule has 0 aliphatic rings. The number of nitrogens with one attached hydrogen (secondary N) is 1. The van der Waals surface area contributed by atoms with Crippen molar-refractivity contribution in [2.45, 2.75) is 13.8 Å². The van der Waals surface area contributed by atoms with Crippen LogP contribution in [-0.4, -0.2) is 22.0 Å². The zero-order valence-corrected chi connectivity index (χ0v) is 19.0. The van der Waals surface area contributed by atoms with E-state index < -0.39 is 4.92 Å². The van der Waals surface area contributed by atoms with Crippen LogP contribution in [0.1, 0.15) is 27.2 Å². The minimum atomic E-state index is -0.526. The highest BCUT2D eigenvalue weighted by Gasteiger charge is 2.12. The minimum absolute atomic E-state index is 0.115. The highest BCUT2D eigenvalue weighted by molar-refractivity contribution is 6.32. The molecule has 0 radical (unpaired) electrons. The number of amides is 1. The third-order valence-electron chi connectivity index (χ3n) is 5.10. The third kappa shape index (κ3) is 5.02. The van der Waals surface area contributed by atoms with Crippen LogP contribution in [0.25, 0.3) is 10.9 Å². The van der Waals surface area contributed by atoms with E-state index in [0.717, 1.165) is 22.0 Å². The second-order valence-electron chi connectivity index (χ2n) is 7.51. The monoisotopic (exact) mass is 474 g/mol. The summed E-state index contributed by atoms with van der Waals surface area (Å²) in [6.07, 6.45) is 1.51. The van der Waals surface area contributed by atoms with Gasteiger partial charge in [-0.15, -0.1) is 0 Å².